The van der Waals surface area contributed by atoms with Crippen LogP contribution in [0.15, 0.2) is 104 Å². The molecule has 0 amide bonds. The van der Waals surface area contributed by atoms with Crippen LogP contribution < -0.4 is 9.47 Å². The van der Waals surface area contributed by atoms with Gasteiger partial charge in [-0.25, -0.2) is 0 Å². The molecule has 6 aromatic rings. The van der Waals surface area contributed by atoms with Gasteiger partial charge in [-0.3, -0.25) is 4.79 Å². The number of ether oxygens (including phenoxy) is 2. The minimum Gasteiger partial charge on any atom is -0.504 e. The van der Waals surface area contributed by atoms with Gasteiger partial charge < -0.3 is 34.8 Å². The lowest BCUT2D eigenvalue weighted by molar-refractivity contribution is -0.125. The molecule has 3 unspecified atom stereocenters. The summed E-state index contributed by atoms with van der Waals surface area (Å²) in [5, 5.41) is 36.1. The Balaban J connectivity index is 1.17. The number of methoxy groups -OCH3 is 1. The van der Waals surface area contributed by atoms with Gasteiger partial charge in [0.2, 0.25) is 0 Å². The van der Waals surface area contributed by atoms with E-state index in [1.165, 1.54) is 11.1 Å². The van der Waals surface area contributed by atoms with Crippen molar-refractivity contribution >= 4 is 16.6 Å². The molecule has 292 valence electrons. The number of aliphatic hydroxyl groups is 1. The van der Waals surface area contributed by atoms with Crippen molar-refractivity contribution in [1.29, 1.82) is 0 Å². The number of aliphatic hydroxyl groups excluding tert-OH is 1. The van der Waals surface area contributed by atoms with Crippen molar-refractivity contribution in [3.05, 3.63) is 143 Å². The molecule has 2 aromatic heterocycles. The number of hydrogen-bond donors (Lipinski definition) is 5. The minimum absolute atomic E-state index is 0.0123. The van der Waals surface area contributed by atoms with Gasteiger partial charge in [0.1, 0.15) is 5.78 Å². The molecule has 0 spiro atoms. The largest absolute Gasteiger partial charge is 0.504 e. The van der Waals surface area contributed by atoms with Crippen molar-refractivity contribution < 1.29 is 29.6 Å². The van der Waals surface area contributed by atoms with Crippen LogP contribution in [0.3, 0.4) is 0 Å². The van der Waals surface area contributed by atoms with Crippen LogP contribution >= 0.6 is 0 Å². The Morgan fingerprint density at radius 1 is 0.786 bits per heavy atom. The van der Waals surface area contributed by atoms with Crippen molar-refractivity contribution in [3.63, 3.8) is 0 Å². The number of phenols is 2. The average Bonchev–Trinajstić information content (AvgIpc) is 4.03. The molecular weight excluding hydrogens is 701 g/mol. The SMILES string of the molecule is CCc1ccc2ccccc2c1Cc1c(CC(Cc2cc[nH]c2)C(O)CC(=O)C(Cc2cc[nH]c2)Cc2ccc(O)c(OC3CCCC3)c2)ccc(O)c1OC. The highest BCUT2D eigenvalue weighted by molar-refractivity contribution is 5.87. The third kappa shape index (κ3) is 9.14. The van der Waals surface area contributed by atoms with Gasteiger partial charge in [-0.1, -0.05) is 55.5 Å². The number of aryl methyl sites for hydroxylation is 1. The fourth-order valence-electron chi connectivity index (χ4n) is 8.64. The number of aromatic amines is 2. The molecule has 1 fully saturated rings. The normalized spacial score (nSPS) is 14.8. The maximum absolute atomic E-state index is 14.4. The number of aromatic hydroxyl groups is 2. The van der Waals surface area contributed by atoms with Crippen LogP contribution in [0.5, 0.6) is 23.0 Å². The van der Waals surface area contributed by atoms with Gasteiger partial charge in [0, 0.05) is 49.1 Å². The number of fused-ring (bicyclic) bond motifs is 1. The second kappa shape index (κ2) is 18.0. The molecule has 5 N–H and O–H groups in total. The Morgan fingerprint density at radius 3 is 2.20 bits per heavy atom. The van der Waals surface area contributed by atoms with Crippen molar-refractivity contribution in [1.82, 2.24) is 9.97 Å². The molecule has 8 nitrogen and oxygen atoms in total. The maximum atomic E-state index is 14.4. The van der Waals surface area contributed by atoms with E-state index < -0.39 is 12.0 Å². The lowest BCUT2D eigenvalue weighted by Crippen LogP contribution is -2.31. The summed E-state index contributed by atoms with van der Waals surface area (Å²) in [6, 6.07) is 25.7. The average molecular weight is 755 g/mol. The van der Waals surface area contributed by atoms with Gasteiger partial charge in [-0.15, -0.1) is 0 Å². The van der Waals surface area contributed by atoms with E-state index in [9.17, 15) is 20.1 Å². The standard InChI is InChI=1S/C48H54N2O6/c1-3-34-13-14-35-8-4-7-11-40(35)41(34)27-42-36(15-17-44(52)48(42)55-2)26-38(24-33-19-21-50-30-33)46(54)28-45(53)37(23-32-18-20-49-29-32)22-31-12-16-43(51)47(25-31)56-39-9-5-6-10-39/h4,7-8,11-21,25,29-30,37-39,46,49-52,54H,3,5-6,9-10,22-24,26-28H2,1-2H3. The van der Waals surface area contributed by atoms with Gasteiger partial charge in [0.05, 0.1) is 19.3 Å². The summed E-state index contributed by atoms with van der Waals surface area (Å²) in [6.45, 7) is 2.16. The van der Waals surface area contributed by atoms with Crippen molar-refractivity contribution in [2.45, 2.75) is 89.8 Å². The Hall–Kier alpha value is -5.47. The highest BCUT2D eigenvalue weighted by Crippen LogP contribution is 2.39. The van der Waals surface area contributed by atoms with Crippen LogP contribution in [0.2, 0.25) is 0 Å². The first-order valence-electron chi connectivity index (χ1n) is 20.1. The molecule has 3 atom stereocenters. The molecule has 0 radical (unpaired) electrons. The third-order valence-electron chi connectivity index (χ3n) is 11.7. The molecule has 1 saturated carbocycles. The number of benzene rings is 4. The van der Waals surface area contributed by atoms with Crippen molar-refractivity contribution in [3.8, 4) is 23.0 Å². The first-order chi connectivity index (χ1) is 27.3. The summed E-state index contributed by atoms with van der Waals surface area (Å²) >= 11 is 0. The number of carbonyl (C=O) groups excluding carboxylic acids is 1. The quantitative estimate of drug-likeness (QED) is 0.0596. The summed E-state index contributed by atoms with van der Waals surface area (Å²) in [5.41, 5.74) is 7.22. The summed E-state index contributed by atoms with van der Waals surface area (Å²) in [7, 11) is 1.58. The Labute approximate surface area is 329 Å². The van der Waals surface area contributed by atoms with Crippen LogP contribution in [0.25, 0.3) is 10.8 Å². The van der Waals surface area contributed by atoms with Crippen LogP contribution in [-0.2, 0) is 43.3 Å². The van der Waals surface area contributed by atoms with E-state index in [1.807, 2.05) is 61.2 Å². The lowest BCUT2D eigenvalue weighted by Gasteiger charge is -2.26. The predicted molar refractivity (Wildman–Crippen MR) is 221 cm³/mol. The van der Waals surface area contributed by atoms with Gasteiger partial charge in [-0.05, 0) is 138 Å². The zero-order chi connectivity index (χ0) is 39.0. The van der Waals surface area contributed by atoms with Crippen LogP contribution in [0, 0.1) is 11.8 Å². The molecule has 2 heterocycles. The molecule has 1 aliphatic rings. The Bertz CT molecular complexity index is 2200. The molecule has 0 aliphatic heterocycles. The number of ketones is 1. The molecular formula is C48H54N2O6. The van der Waals surface area contributed by atoms with Crippen molar-refractivity contribution in [2.75, 3.05) is 7.11 Å². The van der Waals surface area contributed by atoms with E-state index in [4.69, 9.17) is 9.47 Å². The van der Waals surface area contributed by atoms with Gasteiger partial charge in [0.15, 0.2) is 23.0 Å². The fraction of sp³-hybridized carbons (Fsp3) is 0.354. The number of hydrogen-bond acceptors (Lipinski definition) is 6. The van der Waals surface area contributed by atoms with E-state index in [0.717, 1.165) is 70.7 Å². The van der Waals surface area contributed by atoms with Gasteiger partial charge >= 0.3 is 0 Å². The first-order valence-corrected chi connectivity index (χ1v) is 20.1. The third-order valence-corrected chi connectivity index (χ3v) is 11.7. The molecule has 1 aliphatic carbocycles. The lowest BCUT2D eigenvalue weighted by atomic mass is 9.81. The highest BCUT2D eigenvalue weighted by atomic mass is 16.5. The molecule has 8 heteroatoms. The van der Waals surface area contributed by atoms with Crippen LogP contribution in [0.4, 0.5) is 0 Å². The second-order valence-corrected chi connectivity index (χ2v) is 15.5. The number of phenolic OH excluding ortho intramolecular Hbond substituents is 2. The smallest absolute Gasteiger partial charge is 0.164 e. The van der Waals surface area contributed by atoms with E-state index >= 15 is 0 Å². The minimum atomic E-state index is -0.941. The van der Waals surface area contributed by atoms with Gasteiger partial charge in [0.25, 0.3) is 0 Å². The molecule has 0 bridgehead atoms. The molecule has 4 aromatic carbocycles. The molecule has 0 saturated heterocycles. The Kier molecular flexibility index (Phi) is 12.5. The summed E-state index contributed by atoms with van der Waals surface area (Å²) in [6.07, 6.45) is 14.3. The predicted octanol–water partition coefficient (Wildman–Crippen LogP) is 9.21. The van der Waals surface area contributed by atoms with Gasteiger partial charge in [-0.2, -0.15) is 0 Å². The van der Waals surface area contributed by atoms with Crippen molar-refractivity contribution in [2.24, 2.45) is 11.8 Å². The van der Waals surface area contributed by atoms with Crippen LogP contribution in [-0.4, -0.2) is 50.4 Å². The van der Waals surface area contributed by atoms with E-state index in [1.54, 1.807) is 19.2 Å². The summed E-state index contributed by atoms with van der Waals surface area (Å²) in [5.74, 6) is 0.337. The number of H-pyrrole nitrogens is 2. The number of aromatic nitrogens is 2. The molecule has 56 heavy (non-hydrogen) atoms. The molecule has 7 rings (SSSR count). The topological polar surface area (TPSA) is 128 Å². The fourth-order valence-corrected chi connectivity index (χ4v) is 8.64. The maximum Gasteiger partial charge on any atom is 0.164 e. The van der Waals surface area contributed by atoms with Crippen LogP contribution in [0.1, 0.15) is 78.0 Å². The second-order valence-electron chi connectivity index (χ2n) is 15.5. The number of rotatable bonds is 18. The summed E-state index contributed by atoms with van der Waals surface area (Å²) in [4.78, 5) is 20.7. The number of carbonyl (C=O) groups is 1. The number of Topliss-reactive ketones (excluding diaryl/α,β-unsaturated/α-hetero) is 1. The monoisotopic (exact) mass is 754 g/mol. The van der Waals surface area contributed by atoms with E-state index in [2.05, 4.69) is 47.2 Å². The van der Waals surface area contributed by atoms with E-state index in [0.29, 0.717) is 43.6 Å². The zero-order valence-electron chi connectivity index (χ0n) is 32.5. The highest BCUT2D eigenvalue weighted by Gasteiger charge is 2.30. The summed E-state index contributed by atoms with van der Waals surface area (Å²) < 4.78 is 12.1. The first kappa shape index (κ1) is 38.8. The Morgan fingerprint density at radius 2 is 1.48 bits per heavy atom. The van der Waals surface area contributed by atoms with E-state index in [-0.39, 0.29) is 35.7 Å². The zero-order valence-corrected chi connectivity index (χ0v) is 32.5. The number of nitrogens with one attached hydrogen (secondary N) is 2.